The Hall–Kier alpha value is -2.25. The second-order valence-corrected chi connectivity index (χ2v) is 8.09. The highest BCUT2D eigenvalue weighted by atomic mass is 32.1. The molecule has 29 heavy (non-hydrogen) atoms. The number of likely N-dealkylation sites (N-methyl/N-ethyl adjacent to an activating group) is 1. The molecule has 1 heterocycles. The summed E-state index contributed by atoms with van der Waals surface area (Å²) in [5, 5.41) is 8.96. The summed E-state index contributed by atoms with van der Waals surface area (Å²) in [7, 11) is 7.46. The molecule has 0 saturated heterocycles. The van der Waals surface area contributed by atoms with Gasteiger partial charge in [-0.1, -0.05) is 19.1 Å². The van der Waals surface area contributed by atoms with Gasteiger partial charge < -0.3 is 25.0 Å². The number of thiophene rings is 1. The van der Waals surface area contributed by atoms with Crippen molar-refractivity contribution in [2.45, 2.75) is 25.8 Å². The number of rotatable bonds is 10. The summed E-state index contributed by atoms with van der Waals surface area (Å²) in [6.45, 7) is 6.59. The maximum absolute atomic E-state index is 5.47. The molecule has 6 nitrogen and oxygen atoms in total. The predicted molar refractivity (Wildman–Crippen MR) is 123 cm³/mol. The van der Waals surface area contributed by atoms with Crippen LogP contribution in [0.1, 0.15) is 36.2 Å². The first-order chi connectivity index (χ1) is 14.0. The Balaban J connectivity index is 2.09. The molecule has 7 heteroatoms. The van der Waals surface area contributed by atoms with Gasteiger partial charge in [-0.15, -0.1) is 11.3 Å². The summed E-state index contributed by atoms with van der Waals surface area (Å²) in [5.41, 5.74) is 1.16. The van der Waals surface area contributed by atoms with Gasteiger partial charge in [-0.05, 0) is 50.2 Å². The number of hydrogen-bond acceptors (Lipinski definition) is 5. The van der Waals surface area contributed by atoms with Crippen molar-refractivity contribution in [3.63, 3.8) is 0 Å². The van der Waals surface area contributed by atoms with Gasteiger partial charge in [0.1, 0.15) is 0 Å². The van der Waals surface area contributed by atoms with Gasteiger partial charge in [0.05, 0.1) is 26.8 Å². The van der Waals surface area contributed by atoms with E-state index in [9.17, 15) is 0 Å². The van der Waals surface area contributed by atoms with E-state index < -0.39 is 0 Å². The van der Waals surface area contributed by atoms with Crippen LogP contribution in [0, 0.1) is 0 Å². The van der Waals surface area contributed by atoms with Crippen LogP contribution >= 0.6 is 11.3 Å². The summed E-state index contributed by atoms with van der Waals surface area (Å²) in [5.74, 6) is 2.71. The van der Waals surface area contributed by atoms with Crippen molar-refractivity contribution in [3.05, 3.63) is 46.2 Å². The van der Waals surface area contributed by atoms with Gasteiger partial charge in [-0.3, -0.25) is 4.99 Å². The van der Waals surface area contributed by atoms with E-state index in [1.807, 2.05) is 12.1 Å². The number of ether oxygens (including phenoxy) is 2. The van der Waals surface area contributed by atoms with Crippen LogP contribution < -0.4 is 20.1 Å². The first kappa shape index (κ1) is 23.0. The highest BCUT2D eigenvalue weighted by Gasteiger charge is 2.17. The molecule has 1 aromatic heterocycles. The van der Waals surface area contributed by atoms with E-state index in [4.69, 9.17) is 14.5 Å². The standard InChI is InChI=1S/C22H34N4O2S/c1-7-23-22(24-14-16(2)21-9-8-12-29-21)25-15-18(26(3)4)17-10-11-19(27-5)20(13-17)28-6/h8-13,16,18H,7,14-15H2,1-6H3,(H2,23,24,25). The van der Waals surface area contributed by atoms with Gasteiger partial charge in [-0.2, -0.15) is 0 Å². The molecule has 0 saturated carbocycles. The van der Waals surface area contributed by atoms with Gasteiger partial charge in [0.2, 0.25) is 0 Å². The highest BCUT2D eigenvalue weighted by Crippen LogP contribution is 2.31. The van der Waals surface area contributed by atoms with Crippen molar-refractivity contribution >= 4 is 17.3 Å². The molecule has 0 spiro atoms. The van der Waals surface area contributed by atoms with Crippen LogP contribution in [0.3, 0.4) is 0 Å². The highest BCUT2D eigenvalue weighted by molar-refractivity contribution is 7.10. The lowest BCUT2D eigenvalue weighted by Gasteiger charge is -2.26. The molecule has 0 aliphatic carbocycles. The molecule has 2 unspecified atom stereocenters. The summed E-state index contributed by atoms with van der Waals surface area (Å²) < 4.78 is 10.8. The molecule has 0 radical (unpaired) electrons. The van der Waals surface area contributed by atoms with E-state index in [1.165, 1.54) is 4.88 Å². The molecule has 1 aromatic carbocycles. The molecule has 0 fully saturated rings. The van der Waals surface area contributed by atoms with E-state index in [0.29, 0.717) is 5.92 Å². The molecular formula is C22H34N4O2S. The molecule has 0 aliphatic heterocycles. The fraction of sp³-hybridized carbons (Fsp3) is 0.500. The summed E-state index contributed by atoms with van der Waals surface area (Å²) in [4.78, 5) is 8.34. The predicted octanol–water partition coefficient (Wildman–Crippen LogP) is 3.73. The summed E-state index contributed by atoms with van der Waals surface area (Å²) >= 11 is 1.78. The number of guanidine groups is 1. The fourth-order valence-corrected chi connectivity index (χ4v) is 3.86. The van der Waals surface area contributed by atoms with Crippen LogP contribution in [0.15, 0.2) is 40.7 Å². The zero-order chi connectivity index (χ0) is 21.2. The van der Waals surface area contributed by atoms with Gasteiger partial charge in [0, 0.05) is 23.9 Å². The maximum atomic E-state index is 5.47. The lowest BCUT2D eigenvalue weighted by Crippen LogP contribution is -2.42. The molecule has 2 rings (SSSR count). The molecule has 160 valence electrons. The minimum absolute atomic E-state index is 0.161. The van der Waals surface area contributed by atoms with Gasteiger partial charge in [-0.25, -0.2) is 0 Å². The third kappa shape index (κ3) is 6.65. The number of benzene rings is 1. The number of nitrogens with one attached hydrogen (secondary N) is 2. The normalized spacial score (nSPS) is 13.8. The van der Waals surface area contributed by atoms with Crippen molar-refractivity contribution < 1.29 is 9.47 Å². The number of aliphatic imine (C=N–C) groups is 1. The van der Waals surface area contributed by atoms with Crippen molar-refractivity contribution in [1.29, 1.82) is 0 Å². The number of methoxy groups -OCH3 is 2. The van der Waals surface area contributed by atoms with Crippen LogP contribution in [0.4, 0.5) is 0 Å². The SMILES string of the molecule is CCNC(=NCC(C)c1cccs1)NCC(c1ccc(OC)c(OC)c1)N(C)C. The van der Waals surface area contributed by atoms with Crippen LogP contribution in [0.5, 0.6) is 11.5 Å². The Morgan fingerprint density at radius 3 is 2.48 bits per heavy atom. The molecule has 2 N–H and O–H groups in total. The largest absolute Gasteiger partial charge is 0.493 e. The Morgan fingerprint density at radius 2 is 1.90 bits per heavy atom. The van der Waals surface area contributed by atoms with Gasteiger partial charge in [0.15, 0.2) is 17.5 Å². The average molecular weight is 419 g/mol. The monoisotopic (exact) mass is 418 g/mol. The Bertz CT molecular complexity index is 762. The minimum Gasteiger partial charge on any atom is -0.493 e. The van der Waals surface area contributed by atoms with Gasteiger partial charge >= 0.3 is 0 Å². The summed E-state index contributed by atoms with van der Waals surface area (Å²) in [6, 6.07) is 10.5. The van der Waals surface area contributed by atoms with E-state index in [-0.39, 0.29) is 6.04 Å². The number of hydrogen-bond donors (Lipinski definition) is 2. The van der Waals surface area contributed by atoms with Crippen molar-refractivity contribution in [1.82, 2.24) is 15.5 Å². The lowest BCUT2D eigenvalue weighted by atomic mass is 10.1. The average Bonchev–Trinajstić information content (AvgIpc) is 3.26. The Labute approximate surface area is 178 Å². The third-order valence-corrected chi connectivity index (χ3v) is 5.88. The quantitative estimate of drug-likeness (QED) is 0.455. The van der Waals surface area contributed by atoms with Gasteiger partial charge in [0.25, 0.3) is 0 Å². The van der Waals surface area contributed by atoms with E-state index in [0.717, 1.165) is 42.7 Å². The van der Waals surface area contributed by atoms with E-state index >= 15 is 0 Å². The molecule has 0 amide bonds. The smallest absolute Gasteiger partial charge is 0.191 e. The fourth-order valence-electron chi connectivity index (χ4n) is 3.08. The first-order valence-corrected chi connectivity index (χ1v) is 10.8. The minimum atomic E-state index is 0.161. The Morgan fingerprint density at radius 1 is 1.14 bits per heavy atom. The van der Waals surface area contributed by atoms with Crippen molar-refractivity contribution in [2.24, 2.45) is 4.99 Å². The zero-order valence-corrected chi connectivity index (χ0v) is 19.2. The third-order valence-electron chi connectivity index (χ3n) is 4.77. The molecule has 2 atom stereocenters. The van der Waals surface area contributed by atoms with E-state index in [1.54, 1.807) is 25.6 Å². The maximum Gasteiger partial charge on any atom is 0.191 e. The zero-order valence-electron chi connectivity index (χ0n) is 18.4. The molecule has 0 bridgehead atoms. The number of nitrogens with zero attached hydrogens (tertiary/aromatic N) is 2. The van der Waals surface area contributed by atoms with Crippen LogP contribution in [-0.2, 0) is 0 Å². The van der Waals surface area contributed by atoms with Crippen molar-refractivity contribution in [3.8, 4) is 11.5 Å². The molecule has 2 aromatic rings. The molecular weight excluding hydrogens is 384 g/mol. The van der Waals surface area contributed by atoms with Crippen molar-refractivity contribution in [2.75, 3.05) is 47.9 Å². The topological polar surface area (TPSA) is 58.1 Å². The second kappa shape index (κ2) is 11.7. The van der Waals surface area contributed by atoms with Crippen LogP contribution in [0.25, 0.3) is 0 Å². The Kier molecular flexibility index (Phi) is 9.28. The first-order valence-electron chi connectivity index (χ1n) is 9.94. The van der Waals surface area contributed by atoms with Crippen LogP contribution in [-0.4, -0.2) is 58.8 Å². The van der Waals surface area contributed by atoms with E-state index in [2.05, 4.69) is 67.1 Å². The molecule has 0 aliphatic rings. The van der Waals surface area contributed by atoms with Crippen LogP contribution in [0.2, 0.25) is 0 Å². The lowest BCUT2D eigenvalue weighted by molar-refractivity contribution is 0.295. The second-order valence-electron chi connectivity index (χ2n) is 7.11. The summed E-state index contributed by atoms with van der Waals surface area (Å²) in [6.07, 6.45) is 0.